The van der Waals surface area contributed by atoms with E-state index in [4.69, 9.17) is 28.4 Å². The number of hydrogen-bond donors (Lipinski definition) is 2. The molecule has 7 bridgehead atoms. The van der Waals surface area contributed by atoms with Gasteiger partial charge in [0.1, 0.15) is 23.9 Å². The Labute approximate surface area is 258 Å². The molecule has 11 nitrogen and oxygen atoms in total. The highest BCUT2D eigenvalue weighted by Gasteiger charge is 2.91. The summed E-state index contributed by atoms with van der Waals surface area (Å²) >= 11 is 0. The molecule has 1 aromatic carbocycles. The first-order valence-electron chi connectivity index (χ1n) is 15.7. The van der Waals surface area contributed by atoms with Gasteiger partial charge in [0, 0.05) is 76.5 Å². The summed E-state index contributed by atoms with van der Waals surface area (Å²) in [5.41, 5.74) is -3.93. The highest BCUT2D eigenvalue weighted by molar-refractivity contribution is 5.89. The summed E-state index contributed by atoms with van der Waals surface area (Å²) in [6, 6.07) is 8.39. The fourth-order valence-electron chi connectivity index (χ4n) is 12.3. The van der Waals surface area contributed by atoms with E-state index >= 15 is 0 Å². The molecule has 242 valence electrons. The fraction of sp³-hybridized carbons (Fsp3) is 0.758. The molecule has 6 aliphatic rings. The monoisotopic (exact) mass is 615 g/mol. The summed E-state index contributed by atoms with van der Waals surface area (Å²) in [6.45, 7) is 2.56. The molecular weight excluding hydrogens is 570 g/mol. The molecule has 11 heteroatoms. The third-order valence-electron chi connectivity index (χ3n) is 12.8. The topological polar surface area (TPSA) is 133 Å². The van der Waals surface area contributed by atoms with Gasteiger partial charge in [-0.15, -0.1) is 0 Å². The lowest BCUT2D eigenvalue weighted by molar-refractivity contribution is -0.316. The summed E-state index contributed by atoms with van der Waals surface area (Å²) in [7, 11) is 8.63. The van der Waals surface area contributed by atoms with Gasteiger partial charge in [-0.3, -0.25) is 4.79 Å². The van der Waals surface area contributed by atoms with Crippen LogP contribution in [0, 0.1) is 34.5 Å². The van der Waals surface area contributed by atoms with Crippen LogP contribution in [0.25, 0.3) is 0 Å². The third kappa shape index (κ3) is 3.41. The number of benzene rings is 1. The number of nitrogens with zero attached hydrogens (tertiary/aromatic N) is 1. The van der Waals surface area contributed by atoms with E-state index in [1.807, 2.05) is 6.07 Å². The van der Waals surface area contributed by atoms with Gasteiger partial charge in [-0.05, 0) is 44.4 Å². The molecule has 5 saturated carbocycles. The Balaban J connectivity index is 1.51. The molecule has 5 unspecified atom stereocenters. The predicted molar refractivity (Wildman–Crippen MR) is 154 cm³/mol. The van der Waals surface area contributed by atoms with Crippen LogP contribution in [0.3, 0.4) is 0 Å². The van der Waals surface area contributed by atoms with E-state index in [1.54, 1.807) is 45.6 Å². The maximum Gasteiger partial charge on any atom is 0.338 e. The van der Waals surface area contributed by atoms with Crippen LogP contribution in [0.2, 0.25) is 0 Å². The Bertz CT molecular complexity index is 1310. The molecule has 2 N–H and O–H groups in total. The molecule has 5 aliphatic carbocycles. The smallest absolute Gasteiger partial charge is 0.338 e. The lowest BCUT2D eigenvalue weighted by Gasteiger charge is -2.69. The zero-order chi connectivity index (χ0) is 31.4. The zero-order valence-corrected chi connectivity index (χ0v) is 26.3. The second-order valence-electron chi connectivity index (χ2n) is 14.2. The summed E-state index contributed by atoms with van der Waals surface area (Å²) in [4.78, 5) is 29.2. The predicted octanol–water partition coefficient (Wildman–Crippen LogP) is 1.29. The largest absolute Gasteiger partial charge is 0.455 e. The van der Waals surface area contributed by atoms with Crippen molar-refractivity contribution in [1.29, 1.82) is 0 Å². The van der Waals surface area contributed by atoms with Crippen LogP contribution in [-0.4, -0.2) is 123 Å². The lowest BCUT2D eigenvalue weighted by Crippen LogP contribution is -2.80. The number of aliphatic hydroxyl groups is 2. The molecule has 6 fully saturated rings. The first-order chi connectivity index (χ1) is 21.0. The van der Waals surface area contributed by atoms with Gasteiger partial charge in [-0.1, -0.05) is 18.2 Å². The van der Waals surface area contributed by atoms with Crippen molar-refractivity contribution in [2.24, 2.45) is 34.5 Å². The fourth-order valence-corrected chi connectivity index (χ4v) is 12.3. The average molecular weight is 616 g/mol. The second-order valence-corrected chi connectivity index (χ2v) is 14.2. The number of hydrogen-bond acceptors (Lipinski definition) is 11. The standard InChI is InChI=1S/C33H45NO10/c1-17(35)44-33-21-19(14-31(38,28(42-6)26(33)36)27(21)43-29(37)18-10-8-7-9-11-18)32-20(40-4)12-13-30(16-39-3)15-34(2)25(32)22(33)23(41-5)24(30)32/h7-11,19-28,36,38H,12-16H2,1-6H3/t19-,20?,21-,22+,23?,24-,25-,26?,27?,28?,30+,31+,32+,33-/m1/s1. The summed E-state index contributed by atoms with van der Waals surface area (Å²) in [5, 5.41) is 25.1. The molecule has 0 aromatic heterocycles. The van der Waals surface area contributed by atoms with E-state index < -0.39 is 64.8 Å². The van der Waals surface area contributed by atoms with Crippen molar-refractivity contribution in [3.63, 3.8) is 0 Å². The number of fused-ring (bicyclic) bond motifs is 2. The normalized spacial score (nSPS) is 49.9. The number of aliphatic hydroxyl groups excluding tert-OH is 1. The highest BCUT2D eigenvalue weighted by Crippen LogP contribution is 2.80. The van der Waals surface area contributed by atoms with Crippen molar-refractivity contribution in [3.05, 3.63) is 35.9 Å². The number of likely N-dealkylation sites (tertiary alicyclic amines) is 1. The second kappa shape index (κ2) is 10.2. The van der Waals surface area contributed by atoms with Crippen LogP contribution in [0.5, 0.6) is 0 Å². The van der Waals surface area contributed by atoms with Gasteiger partial charge in [0.25, 0.3) is 0 Å². The van der Waals surface area contributed by atoms with E-state index in [0.717, 1.165) is 19.4 Å². The molecule has 44 heavy (non-hydrogen) atoms. The van der Waals surface area contributed by atoms with Crippen molar-refractivity contribution >= 4 is 11.9 Å². The number of methoxy groups -OCH3 is 4. The van der Waals surface area contributed by atoms with Gasteiger partial charge >= 0.3 is 11.9 Å². The van der Waals surface area contributed by atoms with Crippen molar-refractivity contribution < 1.29 is 48.2 Å². The number of piperidine rings is 1. The van der Waals surface area contributed by atoms with Crippen molar-refractivity contribution in [2.75, 3.05) is 48.6 Å². The minimum Gasteiger partial charge on any atom is -0.455 e. The number of carbonyl (C=O) groups is 2. The molecule has 1 saturated heterocycles. The molecule has 1 heterocycles. The van der Waals surface area contributed by atoms with E-state index in [1.165, 1.54) is 14.0 Å². The van der Waals surface area contributed by atoms with Crippen LogP contribution in [0.4, 0.5) is 0 Å². The molecule has 0 amide bonds. The zero-order valence-electron chi connectivity index (χ0n) is 26.3. The third-order valence-corrected chi connectivity index (χ3v) is 12.8. The SMILES string of the molecule is COC[C@@]12CCC(OC)[C@@]34[C@@H]5C[C@@]6(O)C(OC)C(O)[C@@](OC(C)=O)([C@H]5C6OC(=O)c5ccccc5)[C@@H](C(OC)[C@H]13)[C@H]4N(C)C2. The summed E-state index contributed by atoms with van der Waals surface area (Å²) in [5.74, 6) is -2.96. The Morgan fingerprint density at radius 2 is 1.75 bits per heavy atom. The summed E-state index contributed by atoms with van der Waals surface area (Å²) < 4.78 is 37.5. The van der Waals surface area contributed by atoms with Crippen molar-refractivity contribution in [3.8, 4) is 0 Å². The lowest BCUT2D eigenvalue weighted by atomic mass is 9.43. The van der Waals surface area contributed by atoms with Crippen LogP contribution < -0.4 is 0 Å². The summed E-state index contributed by atoms with van der Waals surface area (Å²) in [6.07, 6.45) is -2.66. The first-order valence-corrected chi connectivity index (χ1v) is 15.7. The Kier molecular flexibility index (Phi) is 7.07. The molecular formula is C33H45NO10. The molecule has 1 aliphatic heterocycles. The van der Waals surface area contributed by atoms with Gasteiger partial charge in [-0.25, -0.2) is 4.79 Å². The van der Waals surface area contributed by atoms with E-state index in [2.05, 4.69) is 11.9 Å². The van der Waals surface area contributed by atoms with Gasteiger partial charge < -0.3 is 43.5 Å². The maximum absolute atomic E-state index is 13.7. The minimum absolute atomic E-state index is 0.103. The van der Waals surface area contributed by atoms with Crippen LogP contribution in [-0.2, 0) is 33.2 Å². The van der Waals surface area contributed by atoms with Gasteiger partial charge in [0.2, 0.25) is 0 Å². The maximum atomic E-state index is 13.7. The number of esters is 2. The van der Waals surface area contributed by atoms with Gasteiger partial charge in [-0.2, -0.15) is 0 Å². The Hall–Kier alpha value is -2.12. The average Bonchev–Trinajstić information content (AvgIpc) is 3.39. The van der Waals surface area contributed by atoms with Gasteiger partial charge in [0.15, 0.2) is 5.60 Å². The number of carbonyl (C=O) groups excluding carboxylic acids is 2. The van der Waals surface area contributed by atoms with E-state index in [0.29, 0.717) is 12.2 Å². The van der Waals surface area contributed by atoms with Crippen LogP contribution in [0.15, 0.2) is 30.3 Å². The number of ether oxygens (including phenoxy) is 6. The van der Waals surface area contributed by atoms with E-state index in [-0.39, 0.29) is 35.8 Å². The van der Waals surface area contributed by atoms with Crippen molar-refractivity contribution in [2.45, 2.75) is 73.9 Å². The quantitative estimate of drug-likeness (QED) is 0.410. The van der Waals surface area contributed by atoms with Gasteiger partial charge in [0.05, 0.1) is 24.4 Å². The molecule has 1 aromatic rings. The van der Waals surface area contributed by atoms with Crippen LogP contribution >= 0.6 is 0 Å². The van der Waals surface area contributed by atoms with Crippen molar-refractivity contribution in [1.82, 2.24) is 4.90 Å². The van der Waals surface area contributed by atoms with Crippen LogP contribution in [0.1, 0.15) is 36.5 Å². The minimum atomic E-state index is -1.76. The first kappa shape index (κ1) is 30.5. The number of rotatable bonds is 8. The van der Waals surface area contributed by atoms with E-state index in [9.17, 15) is 19.8 Å². The molecule has 7 rings (SSSR count). The Morgan fingerprint density at radius 3 is 2.36 bits per heavy atom. The molecule has 0 radical (unpaired) electrons. The molecule has 1 spiro atoms. The molecule has 14 atom stereocenters. The highest BCUT2D eigenvalue weighted by atomic mass is 16.6. The Morgan fingerprint density at radius 1 is 1.02 bits per heavy atom.